The summed E-state index contributed by atoms with van der Waals surface area (Å²) in [6, 6.07) is 15.1. The minimum atomic E-state index is -0.159. The van der Waals surface area contributed by atoms with E-state index >= 15 is 0 Å². The van der Waals surface area contributed by atoms with Crippen LogP contribution >= 0.6 is 27.3 Å². The first-order valence-corrected chi connectivity index (χ1v) is 14.7. The molecule has 2 aromatic carbocycles. The van der Waals surface area contributed by atoms with E-state index in [1.807, 2.05) is 40.6 Å². The fourth-order valence-corrected chi connectivity index (χ4v) is 5.96. The minimum Gasteiger partial charge on any atom is -0.454 e. The van der Waals surface area contributed by atoms with Gasteiger partial charge in [-0.05, 0) is 59.8 Å². The second-order valence-electron chi connectivity index (χ2n) is 9.66. The average Bonchev–Trinajstić information content (AvgIpc) is 3.59. The summed E-state index contributed by atoms with van der Waals surface area (Å²) < 4.78 is 17.3. The van der Waals surface area contributed by atoms with Gasteiger partial charge >= 0.3 is 0 Å². The lowest BCUT2D eigenvalue weighted by Gasteiger charge is -2.31. The van der Waals surface area contributed by atoms with Gasteiger partial charge in [0.1, 0.15) is 6.54 Å². The molecule has 2 aliphatic rings. The standard InChI is InChI=1S/C29H32BrN3O5S/c1-21-7-14-39-27(21)18-33(17-22-5-6-25-26(15-22)38-20-37-25)28(34)19-32(9-8-31-10-12-36-13-11-31)29(35)23-3-2-4-24(30)16-23/h2-7,14-16H,8-13,17-20H2,1H3. The van der Waals surface area contributed by atoms with E-state index in [1.54, 1.807) is 28.4 Å². The molecule has 1 saturated heterocycles. The highest BCUT2D eigenvalue weighted by atomic mass is 79.9. The van der Waals surface area contributed by atoms with Gasteiger partial charge in [-0.15, -0.1) is 11.3 Å². The van der Waals surface area contributed by atoms with Gasteiger partial charge < -0.3 is 24.0 Å². The number of nitrogens with zero attached hydrogens (tertiary/aromatic N) is 3. The molecule has 3 aromatic rings. The highest BCUT2D eigenvalue weighted by molar-refractivity contribution is 9.10. The van der Waals surface area contributed by atoms with Crippen LogP contribution in [0.4, 0.5) is 0 Å². The Bertz CT molecular complexity index is 1310. The van der Waals surface area contributed by atoms with Crippen LogP contribution in [-0.2, 0) is 22.6 Å². The van der Waals surface area contributed by atoms with E-state index in [4.69, 9.17) is 14.2 Å². The van der Waals surface area contributed by atoms with Gasteiger partial charge in [-0.2, -0.15) is 0 Å². The van der Waals surface area contributed by atoms with Gasteiger partial charge in [-0.3, -0.25) is 14.5 Å². The predicted octanol–water partition coefficient (Wildman–Crippen LogP) is 4.55. The van der Waals surface area contributed by atoms with Crippen molar-refractivity contribution in [2.75, 3.05) is 52.7 Å². The summed E-state index contributed by atoms with van der Waals surface area (Å²) in [4.78, 5) is 34.5. The number of carbonyl (C=O) groups excluding carboxylic acids is 2. The van der Waals surface area contributed by atoms with Gasteiger partial charge in [-0.25, -0.2) is 0 Å². The average molecular weight is 615 g/mol. The Morgan fingerprint density at radius 1 is 1.00 bits per heavy atom. The van der Waals surface area contributed by atoms with Crippen LogP contribution in [0.3, 0.4) is 0 Å². The number of fused-ring (bicyclic) bond motifs is 1. The summed E-state index contributed by atoms with van der Waals surface area (Å²) in [5.41, 5.74) is 2.65. The summed E-state index contributed by atoms with van der Waals surface area (Å²) in [6.07, 6.45) is 0. The molecule has 8 nitrogen and oxygen atoms in total. The zero-order chi connectivity index (χ0) is 27.2. The number of hydrogen-bond acceptors (Lipinski definition) is 7. The van der Waals surface area contributed by atoms with Crippen LogP contribution in [0.15, 0.2) is 58.4 Å². The number of halogens is 1. The monoisotopic (exact) mass is 613 g/mol. The normalized spacial score (nSPS) is 14.8. The maximum absolute atomic E-state index is 13.9. The summed E-state index contributed by atoms with van der Waals surface area (Å²) in [7, 11) is 0. The lowest BCUT2D eigenvalue weighted by atomic mass is 10.1. The van der Waals surface area contributed by atoms with E-state index in [0.717, 1.165) is 33.6 Å². The van der Waals surface area contributed by atoms with Crippen molar-refractivity contribution in [3.8, 4) is 11.5 Å². The highest BCUT2D eigenvalue weighted by Gasteiger charge is 2.25. The zero-order valence-corrected chi connectivity index (χ0v) is 24.3. The largest absolute Gasteiger partial charge is 0.454 e. The van der Waals surface area contributed by atoms with Crippen molar-refractivity contribution < 1.29 is 23.8 Å². The predicted molar refractivity (Wildman–Crippen MR) is 153 cm³/mol. The Hall–Kier alpha value is -2.92. The molecular formula is C29H32BrN3O5S. The van der Waals surface area contributed by atoms with Gasteiger partial charge in [0.15, 0.2) is 11.5 Å². The van der Waals surface area contributed by atoms with E-state index in [9.17, 15) is 9.59 Å². The minimum absolute atomic E-state index is 0.00926. The molecule has 0 saturated carbocycles. The smallest absolute Gasteiger partial charge is 0.254 e. The third kappa shape index (κ3) is 7.19. The van der Waals surface area contributed by atoms with Gasteiger partial charge in [0.25, 0.3) is 5.91 Å². The Morgan fingerprint density at radius 2 is 1.82 bits per heavy atom. The van der Waals surface area contributed by atoms with Crippen molar-refractivity contribution in [2.24, 2.45) is 0 Å². The van der Waals surface area contributed by atoms with Crippen LogP contribution in [-0.4, -0.2) is 79.2 Å². The van der Waals surface area contributed by atoms with E-state index in [0.29, 0.717) is 56.5 Å². The summed E-state index contributed by atoms with van der Waals surface area (Å²) in [5, 5.41) is 2.04. The Morgan fingerprint density at radius 3 is 2.59 bits per heavy atom. The summed E-state index contributed by atoms with van der Waals surface area (Å²) in [5.74, 6) is 1.13. The van der Waals surface area contributed by atoms with Crippen LogP contribution < -0.4 is 9.47 Å². The van der Waals surface area contributed by atoms with E-state index < -0.39 is 0 Å². The van der Waals surface area contributed by atoms with Crippen molar-refractivity contribution >= 4 is 39.1 Å². The van der Waals surface area contributed by atoms with Crippen molar-refractivity contribution in [3.63, 3.8) is 0 Å². The van der Waals surface area contributed by atoms with Crippen molar-refractivity contribution in [3.05, 3.63) is 80.0 Å². The number of thiophene rings is 1. The first kappa shape index (κ1) is 27.6. The molecule has 1 fully saturated rings. The Kier molecular flexibility index (Phi) is 9.18. The van der Waals surface area contributed by atoms with E-state index in [-0.39, 0.29) is 25.2 Å². The maximum atomic E-state index is 13.9. The van der Waals surface area contributed by atoms with Crippen molar-refractivity contribution in [1.29, 1.82) is 0 Å². The number of hydrogen-bond donors (Lipinski definition) is 0. The molecule has 10 heteroatoms. The molecule has 5 rings (SSSR count). The lowest BCUT2D eigenvalue weighted by molar-refractivity contribution is -0.133. The lowest BCUT2D eigenvalue weighted by Crippen LogP contribution is -2.47. The molecule has 0 spiro atoms. The second-order valence-corrected chi connectivity index (χ2v) is 11.6. The second kappa shape index (κ2) is 13.0. The molecule has 2 amide bonds. The molecule has 0 N–H and O–H groups in total. The molecule has 206 valence electrons. The Labute approximate surface area is 241 Å². The third-order valence-corrected chi connectivity index (χ3v) is 8.44. The Balaban J connectivity index is 1.36. The number of morpholine rings is 1. The van der Waals surface area contributed by atoms with Crippen molar-refractivity contribution in [1.82, 2.24) is 14.7 Å². The van der Waals surface area contributed by atoms with Crippen molar-refractivity contribution in [2.45, 2.75) is 20.0 Å². The van der Waals surface area contributed by atoms with Crippen LogP contribution in [0, 0.1) is 6.92 Å². The number of amides is 2. The van der Waals surface area contributed by atoms with Gasteiger partial charge in [0.2, 0.25) is 12.7 Å². The molecule has 0 bridgehead atoms. The quantitative estimate of drug-likeness (QED) is 0.334. The molecule has 0 atom stereocenters. The van der Waals surface area contributed by atoms with Crippen LogP contribution in [0.2, 0.25) is 0 Å². The number of ether oxygens (including phenoxy) is 3. The molecule has 0 unspecified atom stereocenters. The molecule has 0 radical (unpaired) electrons. The third-order valence-electron chi connectivity index (χ3n) is 6.94. The number of aryl methyl sites for hydroxylation is 1. The molecule has 39 heavy (non-hydrogen) atoms. The highest BCUT2D eigenvalue weighted by Crippen LogP contribution is 2.33. The molecule has 0 aliphatic carbocycles. The van der Waals surface area contributed by atoms with Gasteiger partial charge in [-0.1, -0.05) is 28.1 Å². The van der Waals surface area contributed by atoms with Crippen LogP contribution in [0.25, 0.3) is 0 Å². The molecule has 3 heterocycles. The molecular weight excluding hydrogens is 582 g/mol. The number of rotatable bonds is 10. The first-order chi connectivity index (χ1) is 19.0. The van der Waals surface area contributed by atoms with E-state index in [1.165, 1.54) is 0 Å². The van der Waals surface area contributed by atoms with Crippen LogP contribution in [0.1, 0.15) is 26.4 Å². The fourth-order valence-electron chi connectivity index (χ4n) is 4.64. The topological polar surface area (TPSA) is 71.6 Å². The number of carbonyl (C=O) groups is 2. The first-order valence-electron chi connectivity index (χ1n) is 13.0. The number of benzene rings is 2. The fraction of sp³-hybridized carbons (Fsp3) is 0.379. The summed E-state index contributed by atoms with van der Waals surface area (Å²) >= 11 is 5.10. The SMILES string of the molecule is Cc1ccsc1CN(Cc1ccc2c(c1)OCO2)C(=O)CN(CCN1CCOCC1)C(=O)c1cccc(Br)c1. The molecule has 1 aromatic heterocycles. The maximum Gasteiger partial charge on any atom is 0.254 e. The van der Waals surface area contributed by atoms with Crippen LogP contribution in [0.5, 0.6) is 11.5 Å². The van der Waals surface area contributed by atoms with Gasteiger partial charge in [0.05, 0.1) is 19.8 Å². The zero-order valence-electron chi connectivity index (χ0n) is 21.9. The summed E-state index contributed by atoms with van der Waals surface area (Å²) in [6.45, 7) is 7.26. The molecule has 2 aliphatic heterocycles. The van der Waals surface area contributed by atoms with Gasteiger partial charge in [0, 0.05) is 47.6 Å². The van der Waals surface area contributed by atoms with E-state index in [2.05, 4.69) is 33.8 Å².